The molecule has 1 aromatic heterocycles. The molecule has 1 saturated carbocycles. The van der Waals surface area contributed by atoms with Crippen LogP contribution in [0.5, 0.6) is 0 Å². The van der Waals surface area contributed by atoms with E-state index in [1.807, 2.05) is 30.7 Å². The van der Waals surface area contributed by atoms with Crippen molar-refractivity contribution in [3.05, 3.63) is 54.1 Å². The van der Waals surface area contributed by atoms with Crippen molar-refractivity contribution >= 4 is 0 Å². The highest BCUT2D eigenvalue weighted by atomic mass is 15.1. The Morgan fingerprint density at radius 1 is 1.33 bits per heavy atom. The van der Waals surface area contributed by atoms with Crippen LogP contribution in [0.15, 0.2) is 42.9 Å². The fourth-order valence-corrected chi connectivity index (χ4v) is 2.34. The molecule has 0 aliphatic heterocycles. The first-order valence-corrected chi connectivity index (χ1v) is 6.49. The predicted molar refractivity (Wildman–Crippen MR) is 72.0 cm³/mol. The SMILES string of the molecule is CC1(Cn2cncc2C(N)c2ccccc2)CC1. The molecule has 3 rings (SSSR count). The van der Waals surface area contributed by atoms with Crippen LogP contribution in [0.2, 0.25) is 0 Å². The highest BCUT2D eigenvalue weighted by Crippen LogP contribution is 2.46. The summed E-state index contributed by atoms with van der Waals surface area (Å²) in [6.07, 6.45) is 6.42. The number of nitrogens with zero attached hydrogens (tertiary/aromatic N) is 2. The van der Waals surface area contributed by atoms with Crippen LogP contribution in [0.1, 0.15) is 37.1 Å². The lowest BCUT2D eigenvalue weighted by atomic mass is 10.0. The number of benzene rings is 1. The molecule has 1 heterocycles. The lowest BCUT2D eigenvalue weighted by Crippen LogP contribution is -2.18. The number of hydrogen-bond acceptors (Lipinski definition) is 2. The standard InChI is InChI=1S/C15H19N3/c1-15(7-8-15)10-18-11-17-9-13(18)14(16)12-5-3-2-4-6-12/h2-6,9,11,14H,7-8,10,16H2,1H3. The third-order valence-electron chi connectivity index (χ3n) is 3.88. The van der Waals surface area contributed by atoms with Gasteiger partial charge in [0, 0.05) is 6.54 Å². The zero-order chi connectivity index (χ0) is 12.6. The van der Waals surface area contributed by atoms with Crippen LogP contribution in [0.4, 0.5) is 0 Å². The normalized spacial score (nSPS) is 18.6. The van der Waals surface area contributed by atoms with E-state index in [-0.39, 0.29) is 6.04 Å². The lowest BCUT2D eigenvalue weighted by molar-refractivity contribution is 0.450. The second-order valence-electron chi connectivity index (χ2n) is 5.65. The minimum Gasteiger partial charge on any atom is -0.332 e. The minimum absolute atomic E-state index is 0.0870. The van der Waals surface area contributed by atoms with Crippen LogP contribution in [-0.2, 0) is 6.54 Å². The molecule has 1 aliphatic carbocycles. The molecule has 94 valence electrons. The molecular formula is C15H19N3. The number of aromatic nitrogens is 2. The molecule has 2 aromatic rings. The third-order valence-corrected chi connectivity index (χ3v) is 3.88. The summed E-state index contributed by atoms with van der Waals surface area (Å²) >= 11 is 0. The fraction of sp³-hybridized carbons (Fsp3) is 0.400. The van der Waals surface area contributed by atoms with E-state index in [1.165, 1.54) is 12.8 Å². The van der Waals surface area contributed by atoms with Gasteiger partial charge in [-0.05, 0) is 23.8 Å². The molecule has 3 heteroatoms. The summed E-state index contributed by atoms with van der Waals surface area (Å²) in [4.78, 5) is 4.26. The van der Waals surface area contributed by atoms with Crippen molar-refractivity contribution in [2.45, 2.75) is 32.4 Å². The summed E-state index contributed by atoms with van der Waals surface area (Å²) in [7, 11) is 0. The van der Waals surface area contributed by atoms with Crippen molar-refractivity contribution in [2.75, 3.05) is 0 Å². The van der Waals surface area contributed by atoms with Gasteiger partial charge in [-0.25, -0.2) is 4.98 Å². The summed E-state index contributed by atoms with van der Waals surface area (Å²) < 4.78 is 2.21. The quantitative estimate of drug-likeness (QED) is 0.894. The topological polar surface area (TPSA) is 43.8 Å². The second-order valence-corrected chi connectivity index (χ2v) is 5.65. The Bertz CT molecular complexity index is 526. The van der Waals surface area contributed by atoms with Crippen molar-refractivity contribution in [3.63, 3.8) is 0 Å². The molecule has 0 spiro atoms. The second kappa shape index (κ2) is 4.25. The van der Waals surface area contributed by atoms with Gasteiger partial charge in [0.25, 0.3) is 0 Å². The van der Waals surface area contributed by atoms with Crippen molar-refractivity contribution in [1.29, 1.82) is 0 Å². The number of hydrogen-bond donors (Lipinski definition) is 1. The summed E-state index contributed by atoms with van der Waals surface area (Å²) in [5, 5.41) is 0. The maximum absolute atomic E-state index is 6.34. The molecule has 0 bridgehead atoms. The molecule has 1 unspecified atom stereocenters. The highest BCUT2D eigenvalue weighted by Gasteiger charge is 2.38. The summed E-state index contributed by atoms with van der Waals surface area (Å²) in [6.45, 7) is 3.35. The first-order valence-electron chi connectivity index (χ1n) is 6.49. The van der Waals surface area contributed by atoms with Gasteiger partial charge in [0.1, 0.15) is 0 Å². The zero-order valence-electron chi connectivity index (χ0n) is 10.7. The van der Waals surface area contributed by atoms with Gasteiger partial charge < -0.3 is 10.3 Å². The predicted octanol–water partition coefficient (Wildman–Crippen LogP) is 2.73. The fourth-order valence-electron chi connectivity index (χ4n) is 2.34. The van der Waals surface area contributed by atoms with Gasteiger partial charge in [-0.3, -0.25) is 0 Å². The van der Waals surface area contributed by atoms with Gasteiger partial charge in [0.05, 0.1) is 24.3 Å². The van der Waals surface area contributed by atoms with E-state index in [0.29, 0.717) is 5.41 Å². The van der Waals surface area contributed by atoms with E-state index in [9.17, 15) is 0 Å². The Morgan fingerprint density at radius 3 is 2.72 bits per heavy atom. The molecule has 1 aromatic carbocycles. The van der Waals surface area contributed by atoms with Gasteiger partial charge in [-0.1, -0.05) is 37.3 Å². The van der Waals surface area contributed by atoms with Gasteiger partial charge in [-0.15, -0.1) is 0 Å². The largest absolute Gasteiger partial charge is 0.332 e. The van der Waals surface area contributed by atoms with Crippen molar-refractivity contribution in [2.24, 2.45) is 11.1 Å². The van der Waals surface area contributed by atoms with Gasteiger partial charge in [0.15, 0.2) is 0 Å². The Labute approximate surface area is 108 Å². The van der Waals surface area contributed by atoms with E-state index in [4.69, 9.17) is 5.73 Å². The van der Waals surface area contributed by atoms with Crippen molar-refractivity contribution < 1.29 is 0 Å². The Morgan fingerprint density at radius 2 is 2.06 bits per heavy atom. The van der Waals surface area contributed by atoms with Crippen molar-refractivity contribution in [3.8, 4) is 0 Å². The third kappa shape index (κ3) is 2.18. The number of nitrogens with two attached hydrogens (primary N) is 1. The van der Waals surface area contributed by atoms with Crippen LogP contribution >= 0.6 is 0 Å². The van der Waals surface area contributed by atoms with Gasteiger partial charge >= 0.3 is 0 Å². The van der Waals surface area contributed by atoms with Crippen LogP contribution in [0, 0.1) is 5.41 Å². The highest BCUT2D eigenvalue weighted by molar-refractivity contribution is 5.26. The Balaban J connectivity index is 1.86. The van der Waals surface area contributed by atoms with E-state index < -0.39 is 0 Å². The average Bonchev–Trinajstić information content (AvgIpc) is 2.94. The van der Waals surface area contributed by atoms with Gasteiger partial charge in [-0.2, -0.15) is 0 Å². The summed E-state index contributed by atoms with van der Waals surface area (Å²) in [5.41, 5.74) is 9.05. The average molecular weight is 241 g/mol. The molecule has 0 radical (unpaired) electrons. The molecule has 1 aliphatic rings. The monoisotopic (exact) mass is 241 g/mol. The van der Waals surface area contributed by atoms with Crippen LogP contribution in [0.3, 0.4) is 0 Å². The van der Waals surface area contributed by atoms with Crippen molar-refractivity contribution in [1.82, 2.24) is 9.55 Å². The molecule has 3 nitrogen and oxygen atoms in total. The molecule has 0 amide bonds. The minimum atomic E-state index is -0.0870. The van der Waals surface area contributed by atoms with E-state index >= 15 is 0 Å². The number of imidazole rings is 1. The molecule has 18 heavy (non-hydrogen) atoms. The van der Waals surface area contributed by atoms with Gasteiger partial charge in [0.2, 0.25) is 0 Å². The molecule has 0 saturated heterocycles. The molecule has 1 fully saturated rings. The smallest absolute Gasteiger partial charge is 0.0948 e. The Hall–Kier alpha value is -1.61. The van der Waals surface area contributed by atoms with Crippen LogP contribution in [0.25, 0.3) is 0 Å². The summed E-state index contributed by atoms with van der Waals surface area (Å²) in [6, 6.07) is 10.1. The first-order chi connectivity index (χ1) is 8.68. The maximum Gasteiger partial charge on any atom is 0.0948 e. The number of rotatable bonds is 4. The van der Waals surface area contributed by atoms with E-state index in [0.717, 1.165) is 17.8 Å². The maximum atomic E-state index is 6.34. The van der Waals surface area contributed by atoms with Crippen LogP contribution in [-0.4, -0.2) is 9.55 Å². The summed E-state index contributed by atoms with van der Waals surface area (Å²) in [5.74, 6) is 0. The lowest BCUT2D eigenvalue weighted by Gasteiger charge is -2.17. The molecule has 1 atom stereocenters. The molecular weight excluding hydrogens is 222 g/mol. The first kappa shape index (κ1) is 11.5. The van der Waals surface area contributed by atoms with Crippen LogP contribution < -0.4 is 5.73 Å². The van der Waals surface area contributed by atoms with E-state index in [2.05, 4.69) is 28.6 Å². The zero-order valence-corrected chi connectivity index (χ0v) is 10.7. The Kier molecular flexibility index (Phi) is 2.71. The van der Waals surface area contributed by atoms with E-state index in [1.54, 1.807) is 0 Å². The molecule has 2 N–H and O–H groups in total.